The van der Waals surface area contributed by atoms with E-state index in [2.05, 4.69) is 24.4 Å². The number of benzene rings is 1. The zero-order chi connectivity index (χ0) is 14.1. The summed E-state index contributed by atoms with van der Waals surface area (Å²) < 4.78 is 5.62. The Morgan fingerprint density at radius 2 is 1.79 bits per heavy atom. The Bertz CT molecular complexity index is 333. The van der Waals surface area contributed by atoms with Crippen molar-refractivity contribution in [3.05, 3.63) is 29.8 Å². The number of ether oxygens (including phenoxy) is 1. The summed E-state index contributed by atoms with van der Waals surface area (Å²) in [6, 6.07) is 8.69. The molecule has 0 heterocycles. The number of hydrogen-bond donors (Lipinski definition) is 2. The maximum atomic E-state index is 5.71. The van der Waals surface area contributed by atoms with Crippen LogP contribution in [0.3, 0.4) is 0 Å². The molecule has 0 aliphatic rings. The second-order valence-corrected chi connectivity index (χ2v) is 5.43. The Kier molecular flexibility index (Phi) is 7.53. The fraction of sp³-hybridized carbons (Fsp3) is 0.625. The Morgan fingerprint density at radius 1 is 1.11 bits per heavy atom. The highest BCUT2D eigenvalue weighted by Gasteiger charge is 1.98. The zero-order valence-electron chi connectivity index (χ0n) is 12.5. The molecule has 19 heavy (non-hydrogen) atoms. The molecule has 0 aromatic heterocycles. The minimum atomic E-state index is 0.234. The molecule has 3 heteroatoms. The summed E-state index contributed by atoms with van der Waals surface area (Å²) in [4.78, 5) is 0. The van der Waals surface area contributed by atoms with Crippen molar-refractivity contribution in [2.45, 2.75) is 52.2 Å². The molecule has 0 aliphatic heterocycles. The van der Waals surface area contributed by atoms with Gasteiger partial charge in [0, 0.05) is 6.04 Å². The van der Waals surface area contributed by atoms with E-state index in [1.807, 2.05) is 26.0 Å². The Morgan fingerprint density at radius 3 is 2.37 bits per heavy atom. The average molecular weight is 264 g/mol. The first-order valence-electron chi connectivity index (χ1n) is 7.30. The third-order valence-electron chi connectivity index (χ3n) is 2.90. The van der Waals surface area contributed by atoms with Gasteiger partial charge in [0.05, 0.1) is 6.10 Å². The van der Waals surface area contributed by atoms with Crippen molar-refractivity contribution < 1.29 is 4.74 Å². The Hall–Kier alpha value is -1.06. The van der Waals surface area contributed by atoms with Crippen LogP contribution in [0.4, 0.5) is 0 Å². The minimum Gasteiger partial charge on any atom is -0.491 e. The monoisotopic (exact) mass is 264 g/mol. The fourth-order valence-corrected chi connectivity index (χ4v) is 1.91. The third kappa shape index (κ3) is 7.85. The van der Waals surface area contributed by atoms with Gasteiger partial charge in [-0.3, -0.25) is 0 Å². The summed E-state index contributed by atoms with van der Waals surface area (Å²) >= 11 is 0. The summed E-state index contributed by atoms with van der Waals surface area (Å²) in [5.74, 6) is 0.948. The van der Waals surface area contributed by atoms with Gasteiger partial charge in [-0.15, -0.1) is 0 Å². The van der Waals surface area contributed by atoms with E-state index in [0.29, 0.717) is 6.04 Å². The lowest BCUT2D eigenvalue weighted by Gasteiger charge is -2.10. The molecule has 0 amide bonds. The highest BCUT2D eigenvalue weighted by molar-refractivity contribution is 5.27. The van der Waals surface area contributed by atoms with Crippen molar-refractivity contribution in [1.82, 2.24) is 5.32 Å². The van der Waals surface area contributed by atoms with Crippen molar-refractivity contribution in [2.75, 3.05) is 13.1 Å². The first-order valence-corrected chi connectivity index (χ1v) is 7.30. The lowest BCUT2D eigenvalue weighted by Crippen LogP contribution is -2.21. The number of rotatable bonds is 9. The number of nitrogens with one attached hydrogen (secondary N) is 1. The molecular formula is C16H28N2O. The maximum absolute atomic E-state index is 5.71. The van der Waals surface area contributed by atoms with Gasteiger partial charge in [0.15, 0.2) is 0 Å². The lowest BCUT2D eigenvalue weighted by atomic mass is 10.1. The van der Waals surface area contributed by atoms with E-state index in [1.165, 1.54) is 5.56 Å². The van der Waals surface area contributed by atoms with Gasteiger partial charge in [-0.2, -0.15) is 0 Å². The van der Waals surface area contributed by atoms with Crippen LogP contribution in [0, 0.1) is 0 Å². The van der Waals surface area contributed by atoms with Crippen LogP contribution in [-0.2, 0) is 6.42 Å². The summed E-state index contributed by atoms with van der Waals surface area (Å²) in [6.45, 7) is 8.21. The average Bonchev–Trinajstić information content (AvgIpc) is 2.34. The number of nitrogens with two attached hydrogens (primary N) is 1. The van der Waals surface area contributed by atoms with E-state index >= 15 is 0 Å². The SMILES string of the molecule is CC(N)CCCNCCc1ccc(OC(C)C)cc1. The van der Waals surface area contributed by atoms with Crippen LogP contribution in [0.5, 0.6) is 5.75 Å². The van der Waals surface area contributed by atoms with Crippen molar-refractivity contribution in [3.63, 3.8) is 0 Å². The Balaban J connectivity index is 2.16. The van der Waals surface area contributed by atoms with Crippen molar-refractivity contribution in [3.8, 4) is 5.75 Å². The van der Waals surface area contributed by atoms with Crippen LogP contribution in [0.2, 0.25) is 0 Å². The van der Waals surface area contributed by atoms with Gasteiger partial charge in [0.25, 0.3) is 0 Å². The van der Waals surface area contributed by atoms with Crippen LogP contribution >= 0.6 is 0 Å². The van der Waals surface area contributed by atoms with Crippen LogP contribution in [0.15, 0.2) is 24.3 Å². The van der Waals surface area contributed by atoms with E-state index in [0.717, 1.165) is 38.1 Å². The molecule has 1 aromatic carbocycles. The topological polar surface area (TPSA) is 47.3 Å². The van der Waals surface area contributed by atoms with Crippen molar-refractivity contribution >= 4 is 0 Å². The molecule has 1 aromatic rings. The summed E-state index contributed by atoms with van der Waals surface area (Å²) in [6.07, 6.45) is 3.53. The highest BCUT2D eigenvalue weighted by atomic mass is 16.5. The van der Waals surface area contributed by atoms with Gasteiger partial charge in [-0.1, -0.05) is 12.1 Å². The first-order chi connectivity index (χ1) is 9.08. The van der Waals surface area contributed by atoms with Crippen LogP contribution in [0.1, 0.15) is 39.2 Å². The molecule has 1 unspecified atom stereocenters. The predicted molar refractivity (Wildman–Crippen MR) is 81.7 cm³/mol. The molecular weight excluding hydrogens is 236 g/mol. The quantitative estimate of drug-likeness (QED) is 0.674. The molecule has 0 fully saturated rings. The second kappa shape index (κ2) is 8.94. The van der Waals surface area contributed by atoms with Crippen molar-refractivity contribution in [2.24, 2.45) is 5.73 Å². The molecule has 1 rings (SSSR count). The zero-order valence-corrected chi connectivity index (χ0v) is 12.5. The molecule has 3 nitrogen and oxygen atoms in total. The molecule has 0 saturated carbocycles. The molecule has 3 N–H and O–H groups in total. The van der Waals surface area contributed by atoms with Gasteiger partial charge in [0.2, 0.25) is 0 Å². The molecule has 0 bridgehead atoms. The van der Waals surface area contributed by atoms with Crippen LogP contribution in [-0.4, -0.2) is 25.2 Å². The predicted octanol–water partition coefficient (Wildman–Crippen LogP) is 2.73. The molecule has 108 valence electrons. The summed E-state index contributed by atoms with van der Waals surface area (Å²) in [7, 11) is 0. The van der Waals surface area contributed by atoms with Crippen molar-refractivity contribution in [1.29, 1.82) is 0 Å². The maximum Gasteiger partial charge on any atom is 0.119 e. The summed E-state index contributed by atoms with van der Waals surface area (Å²) in [5.41, 5.74) is 7.05. The largest absolute Gasteiger partial charge is 0.491 e. The lowest BCUT2D eigenvalue weighted by molar-refractivity contribution is 0.242. The molecule has 0 aliphatic carbocycles. The van der Waals surface area contributed by atoms with E-state index in [-0.39, 0.29) is 6.10 Å². The minimum absolute atomic E-state index is 0.234. The fourth-order valence-electron chi connectivity index (χ4n) is 1.91. The van der Waals surface area contributed by atoms with E-state index in [9.17, 15) is 0 Å². The van der Waals surface area contributed by atoms with Gasteiger partial charge in [-0.25, -0.2) is 0 Å². The smallest absolute Gasteiger partial charge is 0.119 e. The van der Waals surface area contributed by atoms with Crippen LogP contribution < -0.4 is 15.8 Å². The second-order valence-electron chi connectivity index (χ2n) is 5.43. The Labute approximate surface area is 117 Å². The summed E-state index contributed by atoms with van der Waals surface area (Å²) in [5, 5.41) is 3.45. The van der Waals surface area contributed by atoms with Gasteiger partial charge in [0.1, 0.15) is 5.75 Å². The molecule has 0 saturated heterocycles. The first kappa shape index (κ1) is 16.0. The van der Waals surface area contributed by atoms with Gasteiger partial charge < -0.3 is 15.8 Å². The molecule has 0 spiro atoms. The third-order valence-corrected chi connectivity index (χ3v) is 2.90. The van der Waals surface area contributed by atoms with E-state index in [4.69, 9.17) is 10.5 Å². The molecule has 0 radical (unpaired) electrons. The number of hydrogen-bond acceptors (Lipinski definition) is 3. The highest BCUT2D eigenvalue weighted by Crippen LogP contribution is 2.13. The van der Waals surface area contributed by atoms with E-state index < -0.39 is 0 Å². The van der Waals surface area contributed by atoms with Gasteiger partial charge >= 0.3 is 0 Å². The molecule has 1 atom stereocenters. The van der Waals surface area contributed by atoms with Crippen LogP contribution in [0.25, 0.3) is 0 Å². The normalized spacial score (nSPS) is 12.7. The van der Waals surface area contributed by atoms with Gasteiger partial charge in [-0.05, 0) is 70.8 Å². The standard InChI is InChI=1S/C16H28N2O/c1-13(2)19-16-8-6-15(7-9-16)10-12-18-11-4-5-14(3)17/h6-9,13-14,18H,4-5,10-12,17H2,1-3H3. The van der Waals surface area contributed by atoms with E-state index in [1.54, 1.807) is 0 Å².